The highest BCUT2D eigenvalue weighted by molar-refractivity contribution is 9.10. The molecule has 1 saturated heterocycles. The van der Waals surface area contributed by atoms with Gasteiger partial charge in [0.25, 0.3) is 5.91 Å². The number of benzene rings is 1. The summed E-state index contributed by atoms with van der Waals surface area (Å²) in [7, 11) is 0. The second kappa shape index (κ2) is 9.22. The summed E-state index contributed by atoms with van der Waals surface area (Å²) in [6.45, 7) is 4.00. The quantitative estimate of drug-likeness (QED) is 0.761. The number of carbonyl (C=O) groups is 1. The van der Waals surface area contributed by atoms with Gasteiger partial charge in [-0.05, 0) is 60.4 Å². The first-order valence-corrected chi connectivity index (χ1v) is 8.77. The third-order valence-electron chi connectivity index (χ3n) is 3.88. The molecule has 136 valence electrons. The fourth-order valence-electron chi connectivity index (χ4n) is 2.64. The van der Waals surface area contributed by atoms with E-state index in [9.17, 15) is 4.79 Å². The van der Waals surface area contributed by atoms with E-state index in [1.54, 1.807) is 18.2 Å². The highest BCUT2D eigenvalue weighted by atomic mass is 79.9. The topological polar surface area (TPSA) is 76.4 Å². The van der Waals surface area contributed by atoms with Gasteiger partial charge in [0.1, 0.15) is 23.8 Å². The third kappa shape index (κ3) is 5.45. The number of carbonyl (C=O) groups excluding carboxylic acids is 1. The van der Waals surface area contributed by atoms with E-state index in [-0.39, 0.29) is 24.4 Å². The van der Waals surface area contributed by atoms with Gasteiger partial charge in [-0.1, -0.05) is 5.16 Å². The van der Waals surface area contributed by atoms with Crippen LogP contribution >= 0.6 is 28.3 Å². The first-order valence-electron chi connectivity index (χ1n) is 7.98. The summed E-state index contributed by atoms with van der Waals surface area (Å²) in [5, 5.41) is 10.2. The van der Waals surface area contributed by atoms with Crippen LogP contribution in [0, 0.1) is 6.92 Å². The third-order valence-corrected chi connectivity index (χ3v) is 4.50. The number of halogens is 2. The van der Waals surface area contributed by atoms with Crippen LogP contribution < -0.4 is 15.4 Å². The summed E-state index contributed by atoms with van der Waals surface area (Å²) in [6, 6.07) is 7.34. The minimum atomic E-state index is -0.0666. The summed E-state index contributed by atoms with van der Waals surface area (Å²) < 4.78 is 11.4. The lowest BCUT2D eigenvalue weighted by Gasteiger charge is -2.23. The van der Waals surface area contributed by atoms with Gasteiger partial charge >= 0.3 is 0 Å². The van der Waals surface area contributed by atoms with Crippen LogP contribution in [0.2, 0.25) is 0 Å². The van der Waals surface area contributed by atoms with Crippen molar-refractivity contribution in [3.8, 4) is 5.75 Å². The van der Waals surface area contributed by atoms with Gasteiger partial charge in [0.05, 0.1) is 4.47 Å². The Labute approximate surface area is 161 Å². The van der Waals surface area contributed by atoms with Crippen LogP contribution in [-0.2, 0) is 6.61 Å². The molecule has 25 heavy (non-hydrogen) atoms. The zero-order valence-corrected chi connectivity index (χ0v) is 16.3. The average molecular weight is 431 g/mol. The predicted octanol–water partition coefficient (Wildman–Crippen LogP) is 3.23. The number of rotatable bonds is 5. The molecule has 0 bridgehead atoms. The molecule has 1 atom stereocenters. The molecule has 0 aliphatic carbocycles. The Kier molecular flexibility index (Phi) is 7.28. The maximum Gasteiger partial charge on any atom is 0.251 e. The Morgan fingerprint density at radius 2 is 2.32 bits per heavy atom. The average Bonchev–Trinajstić information content (AvgIpc) is 3.00. The van der Waals surface area contributed by atoms with Crippen molar-refractivity contribution in [3.05, 3.63) is 45.8 Å². The van der Waals surface area contributed by atoms with Crippen LogP contribution in [0.15, 0.2) is 33.3 Å². The Balaban J connectivity index is 0.00000225. The van der Waals surface area contributed by atoms with Crippen LogP contribution in [-0.4, -0.2) is 30.2 Å². The number of aromatic nitrogens is 1. The highest BCUT2D eigenvalue weighted by Gasteiger charge is 2.17. The van der Waals surface area contributed by atoms with Gasteiger partial charge in [0.2, 0.25) is 0 Å². The van der Waals surface area contributed by atoms with E-state index in [2.05, 4.69) is 31.7 Å². The van der Waals surface area contributed by atoms with E-state index in [0.717, 1.165) is 41.9 Å². The second-order valence-corrected chi connectivity index (χ2v) is 6.73. The van der Waals surface area contributed by atoms with Crippen LogP contribution in [0.4, 0.5) is 0 Å². The molecule has 6 nitrogen and oxygen atoms in total. The van der Waals surface area contributed by atoms with Crippen molar-refractivity contribution in [1.82, 2.24) is 15.8 Å². The molecule has 1 fully saturated rings. The van der Waals surface area contributed by atoms with Crippen LogP contribution in [0.5, 0.6) is 5.75 Å². The molecule has 2 aromatic rings. The predicted molar refractivity (Wildman–Crippen MR) is 100 cm³/mol. The zero-order valence-electron chi connectivity index (χ0n) is 13.9. The molecule has 2 heterocycles. The molecule has 0 spiro atoms. The molecule has 1 aromatic heterocycles. The Morgan fingerprint density at radius 1 is 1.48 bits per heavy atom. The minimum absolute atomic E-state index is 0. The van der Waals surface area contributed by atoms with Crippen LogP contribution in [0.25, 0.3) is 0 Å². The molecule has 2 N–H and O–H groups in total. The molecular formula is C17H21BrClN3O3. The molecule has 1 aromatic carbocycles. The fourth-order valence-corrected chi connectivity index (χ4v) is 3.13. The first-order chi connectivity index (χ1) is 11.6. The standard InChI is InChI=1S/C17H20BrN3O3.ClH/c1-11-7-14(21-24-11)10-23-16-5-4-12(8-15(16)18)17(22)20-13-3-2-6-19-9-13;/h4-5,7-8,13,19H,2-3,6,9-10H2,1H3,(H,20,22);1H/t13-;/m0./s1. The molecule has 0 saturated carbocycles. The summed E-state index contributed by atoms with van der Waals surface area (Å²) in [6.07, 6.45) is 2.10. The van der Waals surface area contributed by atoms with Crippen molar-refractivity contribution in [2.24, 2.45) is 0 Å². The Morgan fingerprint density at radius 3 is 2.96 bits per heavy atom. The van der Waals surface area contributed by atoms with Gasteiger partial charge in [-0.25, -0.2) is 0 Å². The Bertz CT molecular complexity index is 717. The van der Waals surface area contributed by atoms with Crippen LogP contribution in [0.1, 0.15) is 34.7 Å². The van der Waals surface area contributed by atoms with E-state index in [1.165, 1.54) is 0 Å². The molecule has 3 rings (SSSR count). The van der Waals surface area contributed by atoms with Gasteiger partial charge in [-0.15, -0.1) is 12.4 Å². The lowest BCUT2D eigenvalue weighted by molar-refractivity contribution is 0.0930. The number of aryl methyl sites for hydroxylation is 1. The van der Waals surface area contributed by atoms with Crippen molar-refractivity contribution in [2.75, 3.05) is 13.1 Å². The minimum Gasteiger partial charge on any atom is -0.486 e. The molecule has 0 unspecified atom stereocenters. The number of piperidine rings is 1. The lowest BCUT2D eigenvalue weighted by Crippen LogP contribution is -2.45. The van der Waals surface area contributed by atoms with E-state index in [0.29, 0.717) is 17.9 Å². The Hall–Kier alpha value is -1.57. The first kappa shape index (κ1) is 19.8. The molecule has 1 amide bonds. The smallest absolute Gasteiger partial charge is 0.251 e. The highest BCUT2D eigenvalue weighted by Crippen LogP contribution is 2.27. The van der Waals surface area contributed by atoms with Gasteiger partial charge in [0, 0.05) is 24.2 Å². The van der Waals surface area contributed by atoms with Gasteiger partial charge in [-0.2, -0.15) is 0 Å². The summed E-state index contributed by atoms with van der Waals surface area (Å²) in [5.74, 6) is 1.34. The van der Waals surface area contributed by atoms with Crippen molar-refractivity contribution in [2.45, 2.75) is 32.4 Å². The lowest BCUT2D eigenvalue weighted by atomic mass is 10.1. The number of nitrogens with zero attached hydrogens (tertiary/aromatic N) is 1. The van der Waals surface area contributed by atoms with Crippen molar-refractivity contribution in [1.29, 1.82) is 0 Å². The maximum absolute atomic E-state index is 12.3. The summed E-state index contributed by atoms with van der Waals surface area (Å²) >= 11 is 3.46. The maximum atomic E-state index is 12.3. The number of amides is 1. The zero-order chi connectivity index (χ0) is 16.9. The van der Waals surface area contributed by atoms with Crippen LogP contribution in [0.3, 0.4) is 0 Å². The normalized spacial score (nSPS) is 16.8. The number of hydrogen-bond donors (Lipinski definition) is 2. The molecule has 8 heteroatoms. The monoisotopic (exact) mass is 429 g/mol. The van der Waals surface area contributed by atoms with Gasteiger partial charge in [-0.3, -0.25) is 4.79 Å². The number of hydrogen-bond acceptors (Lipinski definition) is 5. The molecule has 1 aliphatic rings. The van der Waals surface area contributed by atoms with Crippen molar-refractivity contribution < 1.29 is 14.1 Å². The van der Waals surface area contributed by atoms with Gasteiger partial charge < -0.3 is 19.9 Å². The molecule has 0 radical (unpaired) electrons. The van der Waals surface area contributed by atoms with E-state index in [4.69, 9.17) is 9.26 Å². The SMILES string of the molecule is Cc1cc(COc2ccc(C(=O)N[C@H]3CCCNC3)cc2Br)no1.Cl. The summed E-state index contributed by atoms with van der Waals surface area (Å²) in [4.78, 5) is 12.3. The van der Waals surface area contributed by atoms with E-state index >= 15 is 0 Å². The van der Waals surface area contributed by atoms with E-state index < -0.39 is 0 Å². The molecular weight excluding hydrogens is 410 g/mol. The number of ether oxygens (including phenoxy) is 1. The second-order valence-electron chi connectivity index (χ2n) is 5.88. The van der Waals surface area contributed by atoms with Crippen molar-refractivity contribution >= 4 is 34.2 Å². The summed E-state index contributed by atoms with van der Waals surface area (Å²) in [5.41, 5.74) is 1.34. The largest absolute Gasteiger partial charge is 0.486 e. The fraction of sp³-hybridized carbons (Fsp3) is 0.412. The molecule has 1 aliphatic heterocycles. The number of nitrogens with one attached hydrogen (secondary N) is 2. The van der Waals surface area contributed by atoms with Crippen molar-refractivity contribution in [3.63, 3.8) is 0 Å². The van der Waals surface area contributed by atoms with Gasteiger partial charge in [0.15, 0.2) is 0 Å². The van der Waals surface area contributed by atoms with E-state index in [1.807, 2.05) is 13.0 Å².